The fourth-order valence-corrected chi connectivity index (χ4v) is 4.13. The van der Waals surface area contributed by atoms with Gasteiger partial charge in [-0.2, -0.15) is 0 Å². The average Bonchev–Trinajstić information content (AvgIpc) is 2.51. The fourth-order valence-electron chi connectivity index (χ4n) is 2.64. The van der Waals surface area contributed by atoms with E-state index in [0.717, 1.165) is 18.2 Å². The van der Waals surface area contributed by atoms with Crippen molar-refractivity contribution in [3.05, 3.63) is 51.5 Å². The first-order chi connectivity index (χ1) is 11.8. The Morgan fingerprint density at radius 3 is 1.86 bits per heavy atom. The Balaban J connectivity index is 0.00000196. The van der Waals surface area contributed by atoms with Gasteiger partial charge in [0.25, 0.3) is 0 Å². The average molecular weight is 494 g/mol. The summed E-state index contributed by atoms with van der Waals surface area (Å²) in [6.07, 6.45) is 0. The smallest absolute Gasteiger partial charge is 0.744 e. The molecule has 2 N–H and O–H groups in total. The zero-order chi connectivity index (χ0) is 19.6. The van der Waals surface area contributed by atoms with Crippen molar-refractivity contribution in [2.75, 3.05) is 5.73 Å². The van der Waals surface area contributed by atoms with Gasteiger partial charge >= 0.3 is 103 Å². The largest absolute Gasteiger partial charge is 1.00 e. The summed E-state index contributed by atoms with van der Waals surface area (Å²) in [7, 11) is -9.97. The summed E-state index contributed by atoms with van der Waals surface area (Å²) in [6.45, 7) is 0. The van der Waals surface area contributed by atoms with Gasteiger partial charge in [0.2, 0.25) is 0 Å². The number of rotatable bonds is 2. The molecule has 0 fully saturated rings. The number of hydrogen-bond acceptors (Lipinski definition) is 9. The number of carbonyl (C=O) groups excluding carboxylic acids is 2. The van der Waals surface area contributed by atoms with Crippen molar-refractivity contribution in [2.45, 2.75) is 9.79 Å². The van der Waals surface area contributed by atoms with E-state index in [1.54, 1.807) is 0 Å². The van der Waals surface area contributed by atoms with E-state index in [-0.39, 0.29) is 108 Å². The molecular weight excluding hydrogens is 488 g/mol. The van der Waals surface area contributed by atoms with Gasteiger partial charge in [-0.05, 0) is 24.3 Å². The van der Waals surface area contributed by atoms with Crippen LogP contribution >= 0.6 is 11.6 Å². The second-order valence-electron chi connectivity index (χ2n) is 5.29. The molecule has 9 nitrogen and oxygen atoms in total. The molecule has 0 unspecified atom stereocenters. The Labute approximate surface area is 249 Å². The number of nitrogens with two attached hydrogens (primary N) is 1. The maximum atomic E-state index is 12.7. The van der Waals surface area contributed by atoms with Crippen molar-refractivity contribution in [2.24, 2.45) is 0 Å². The van der Waals surface area contributed by atoms with Gasteiger partial charge in [0.15, 0.2) is 11.6 Å². The third-order valence-corrected chi connectivity index (χ3v) is 5.78. The molecule has 0 atom stereocenters. The van der Waals surface area contributed by atoms with Crippen LogP contribution in [0.1, 0.15) is 31.8 Å². The molecule has 0 saturated heterocycles. The molecule has 14 heteroatoms. The first-order valence-electron chi connectivity index (χ1n) is 6.61. The van der Waals surface area contributed by atoms with Crippen molar-refractivity contribution in [1.29, 1.82) is 0 Å². The quantitative estimate of drug-likeness (QED) is 0.207. The molecule has 136 valence electrons. The molecule has 0 aromatic heterocycles. The van der Waals surface area contributed by atoms with Gasteiger partial charge in [-0.3, -0.25) is 9.59 Å². The van der Waals surface area contributed by atoms with E-state index < -0.39 is 69.0 Å². The molecule has 0 amide bonds. The Kier molecular flexibility index (Phi) is 8.89. The monoisotopic (exact) mass is 493 g/mol. The zero-order valence-electron chi connectivity index (χ0n) is 14.3. The van der Waals surface area contributed by atoms with Gasteiger partial charge in [-0.1, -0.05) is 11.6 Å². The van der Waals surface area contributed by atoms with Crippen LogP contribution in [0.25, 0.3) is 0 Å². The van der Waals surface area contributed by atoms with Crippen molar-refractivity contribution in [3.63, 3.8) is 0 Å². The molecule has 0 heterocycles. The van der Waals surface area contributed by atoms with E-state index in [2.05, 4.69) is 0 Å². The summed E-state index contributed by atoms with van der Waals surface area (Å²) in [5.74, 6) is -1.87. The molecule has 0 aliphatic heterocycles. The van der Waals surface area contributed by atoms with Gasteiger partial charge < -0.3 is 14.8 Å². The van der Waals surface area contributed by atoms with Gasteiger partial charge in [0.1, 0.15) is 20.2 Å². The number of carbonyl (C=O) groups is 2. The Bertz CT molecular complexity index is 1240. The molecular formula is C14H6ClK2NO8S2. The van der Waals surface area contributed by atoms with Crippen LogP contribution in [-0.4, -0.2) is 37.5 Å². The number of ketones is 2. The minimum absolute atomic E-state index is 0. The Morgan fingerprint density at radius 2 is 1.36 bits per heavy atom. The van der Waals surface area contributed by atoms with E-state index in [0.29, 0.717) is 6.07 Å². The molecule has 0 radical (unpaired) electrons. The first-order valence-corrected chi connectivity index (χ1v) is 9.80. The molecule has 1 aliphatic rings. The first kappa shape index (κ1) is 27.0. The SMILES string of the molecule is Nc1c(S(=O)(=O)[O-])cc(Cl)c2c1C(=O)c1ccc(S(=O)(=O)[O-])cc1C2=O.[K+].[K+]. The van der Waals surface area contributed by atoms with Gasteiger partial charge in [-0.25, -0.2) is 16.8 Å². The number of nitrogen functional groups attached to an aromatic ring is 1. The standard InChI is InChI=1S/C14H8ClNO8S2.2K/c15-8-4-9(26(22,23)24)12(16)11-10(8)14(18)7-3-5(25(19,20)21)1-2-6(7)13(11)17;;/h1-4H,16H2,(H,19,20,21)(H,22,23,24);;/q;2*+1/p-2. The minimum atomic E-state index is -5.08. The second kappa shape index (κ2) is 9.22. The molecule has 2 aromatic carbocycles. The van der Waals surface area contributed by atoms with Crippen molar-refractivity contribution >= 4 is 49.1 Å². The van der Waals surface area contributed by atoms with Crippen LogP contribution < -0.4 is 109 Å². The summed E-state index contributed by atoms with van der Waals surface area (Å²) < 4.78 is 67.3. The van der Waals surface area contributed by atoms with E-state index in [1.165, 1.54) is 0 Å². The third kappa shape index (κ3) is 4.73. The number of anilines is 1. The molecule has 3 rings (SSSR count). The topological polar surface area (TPSA) is 175 Å². The van der Waals surface area contributed by atoms with E-state index in [9.17, 15) is 35.5 Å². The number of fused-ring (bicyclic) bond motifs is 2. The summed E-state index contributed by atoms with van der Waals surface area (Å²) in [5.41, 5.74) is 3.12. The number of halogens is 1. The Hall–Kier alpha value is 0.963. The maximum absolute atomic E-state index is 12.7. The molecule has 28 heavy (non-hydrogen) atoms. The molecule has 2 aromatic rings. The van der Waals surface area contributed by atoms with E-state index in [1.807, 2.05) is 0 Å². The summed E-state index contributed by atoms with van der Waals surface area (Å²) in [6, 6.07) is 3.12. The van der Waals surface area contributed by atoms with Crippen LogP contribution in [0.15, 0.2) is 34.1 Å². The summed E-state index contributed by atoms with van der Waals surface area (Å²) >= 11 is 5.87. The van der Waals surface area contributed by atoms with Gasteiger partial charge in [0.05, 0.1) is 31.6 Å². The predicted molar refractivity (Wildman–Crippen MR) is 85.1 cm³/mol. The minimum Gasteiger partial charge on any atom is -0.744 e. The predicted octanol–water partition coefficient (Wildman–Crippen LogP) is -5.49. The fraction of sp³-hybridized carbons (Fsp3) is 0. The summed E-state index contributed by atoms with van der Waals surface area (Å²) in [5, 5.41) is -0.525. The van der Waals surface area contributed by atoms with Crippen molar-refractivity contribution in [3.8, 4) is 0 Å². The van der Waals surface area contributed by atoms with Gasteiger partial charge in [0, 0.05) is 11.1 Å². The van der Waals surface area contributed by atoms with Crippen molar-refractivity contribution < 1.29 is 138 Å². The van der Waals surface area contributed by atoms with Gasteiger partial charge in [-0.15, -0.1) is 0 Å². The van der Waals surface area contributed by atoms with Crippen molar-refractivity contribution in [1.82, 2.24) is 0 Å². The number of benzene rings is 2. The van der Waals surface area contributed by atoms with Crippen LogP contribution in [0.3, 0.4) is 0 Å². The normalized spacial score (nSPS) is 13.1. The molecule has 0 saturated carbocycles. The Morgan fingerprint density at radius 1 is 0.821 bits per heavy atom. The van der Waals surface area contributed by atoms with Crippen LogP contribution in [0, 0.1) is 0 Å². The van der Waals surface area contributed by atoms with Crippen LogP contribution in [-0.2, 0) is 20.2 Å². The molecule has 0 spiro atoms. The second-order valence-corrected chi connectivity index (χ2v) is 8.43. The maximum Gasteiger partial charge on any atom is 1.00 e. The van der Waals surface area contributed by atoms with Crippen LogP contribution in [0.2, 0.25) is 5.02 Å². The summed E-state index contributed by atoms with van der Waals surface area (Å²) in [4.78, 5) is 23.6. The van der Waals surface area contributed by atoms with E-state index >= 15 is 0 Å². The molecule has 0 bridgehead atoms. The zero-order valence-corrected chi connectivity index (χ0v) is 23.0. The number of hydrogen-bond donors (Lipinski definition) is 1. The van der Waals surface area contributed by atoms with Crippen LogP contribution in [0.5, 0.6) is 0 Å². The van der Waals surface area contributed by atoms with E-state index in [4.69, 9.17) is 17.3 Å². The molecule has 1 aliphatic carbocycles. The van der Waals surface area contributed by atoms with Crippen LogP contribution in [0.4, 0.5) is 5.69 Å². The third-order valence-electron chi connectivity index (χ3n) is 3.77.